The van der Waals surface area contributed by atoms with Crippen LogP contribution >= 0.6 is 0 Å². The van der Waals surface area contributed by atoms with Crippen LogP contribution in [-0.2, 0) is 10.0 Å². The lowest BCUT2D eigenvalue weighted by Gasteiger charge is -2.27. The van der Waals surface area contributed by atoms with Crippen molar-refractivity contribution in [2.75, 3.05) is 11.1 Å². The number of nitrogens with zero attached hydrogens (tertiary/aromatic N) is 3. The van der Waals surface area contributed by atoms with Crippen molar-refractivity contribution in [3.8, 4) is 6.07 Å². The molecule has 1 aliphatic carbocycles. The van der Waals surface area contributed by atoms with Crippen LogP contribution in [0.4, 0.5) is 11.4 Å². The summed E-state index contributed by atoms with van der Waals surface area (Å²) in [5.41, 5.74) is 7.67. The number of nitrogen functional groups attached to an aromatic ring is 1. The highest BCUT2D eigenvalue weighted by Crippen LogP contribution is 2.33. The van der Waals surface area contributed by atoms with E-state index < -0.39 is 10.0 Å². The molecule has 0 unspecified atom stereocenters. The number of hydrogen-bond donors (Lipinski definition) is 2. The van der Waals surface area contributed by atoms with E-state index in [4.69, 9.17) is 11.0 Å². The molecule has 4 rings (SSSR count). The topological polar surface area (TPSA) is 114 Å². The highest BCUT2D eigenvalue weighted by atomic mass is 32.2. The normalized spacial score (nSPS) is 20.0. The summed E-state index contributed by atoms with van der Waals surface area (Å²) in [4.78, 5) is 4.49. The van der Waals surface area contributed by atoms with Crippen LogP contribution in [0.5, 0.6) is 0 Å². The van der Waals surface area contributed by atoms with Gasteiger partial charge in [0.2, 0.25) is 0 Å². The van der Waals surface area contributed by atoms with Gasteiger partial charge in [0, 0.05) is 23.5 Å². The maximum absolute atomic E-state index is 13.0. The molecule has 0 aliphatic heterocycles. The van der Waals surface area contributed by atoms with Crippen LogP contribution in [0.3, 0.4) is 0 Å². The van der Waals surface area contributed by atoms with E-state index in [1.807, 2.05) is 0 Å². The molecule has 0 saturated heterocycles. The molecule has 0 radical (unpaired) electrons. The monoisotopic (exact) mass is 395 g/mol. The second-order valence-electron chi connectivity index (χ2n) is 7.08. The fraction of sp³-hybridized carbons (Fsp3) is 0.300. The van der Waals surface area contributed by atoms with E-state index in [1.165, 1.54) is 16.4 Å². The van der Waals surface area contributed by atoms with Gasteiger partial charge in [-0.15, -0.1) is 0 Å². The number of nitrogens with two attached hydrogens (primary N) is 1. The number of rotatable bonds is 4. The van der Waals surface area contributed by atoms with Crippen molar-refractivity contribution in [3.05, 3.63) is 48.8 Å². The lowest BCUT2D eigenvalue weighted by Crippen LogP contribution is -2.26. The van der Waals surface area contributed by atoms with E-state index in [0.29, 0.717) is 22.4 Å². The van der Waals surface area contributed by atoms with Crippen LogP contribution in [-0.4, -0.2) is 23.4 Å². The average Bonchev–Trinajstić information content (AvgIpc) is 3.16. The van der Waals surface area contributed by atoms with E-state index in [0.717, 1.165) is 25.7 Å². The first-order chi connectivity index (χ1) is 13.5. The van der Waals surface area contributed by atoms with E-state index in [1.54, 1.807) is 36.4 Å². The summed E-state index contributed by atoms with van der Waals surface area (Å²) < 4.78 is 27.2. The standard InChI is InChI=1S/C20H21N5O2S/c21-12-14-6-8-15(9-7-14)24-19-17-10-11-25(20(17)23-13-18(19)22)28(26,27)16-4-2-1-3-5-16/h1-5,10-11,13-15H,6-9,22H2,(H,23,24). The van der Waals surface area contributed by atoms with Crippen molar-refractivity contribution in [2.45, 2.75) is 36.6 Å². The summed E-state index contributed by atoms with van der Waals surface area (Å²) in [6.07, 6.45) is 6.46. The molecule has 28 heavy (non-hydrogen) atoms. The lowest BCUT2D eigenvalue weighted by molar-refractivity contribution is 0.398. The van der Waals surface area contributed by atoms with Gasteiger partial charge in [-0.25, -0.2) is 17.4 Å². The third-order valence-corrected chi connectivity index (χ3v) is 6.95. The summed E-state index contributed by atoms with van der Waals surface area (Å²) in [7, 11) is -3.75. The molecule has 1 fully saturated rings. The molecule has 1 saturated carbocycles. The van der Waals surface area contributed by atoms with Gasteiger partial charge in [-0.2, -0.15) is 5.26 Å². The molecular weight excluding hydrogens is 374 g/mol. The minimum atomic E-state index is -3.75. The van der Waals surface area contributed by atoms with Gasteiger partial charge in [0.1, 0.15) is 0 Å². The summed E-state index contributed by atoms with van der Waals surface area (Å²) in [5.74, 6) is 0.116. The van der Waals surface area contributed by atoms with Gasteiger partial charge in [-0.3, -0.25) is 0 Å². The molecule has 3 N–H and O–H groups in total. The summed E-state index contributed by atoms with van der Waals surface area (Å²) in [6.45, 7) is 0. The summed E-state index contributed by atoms with van der Waals surface area (Å²) in [6, 6.07) is 12.5. The molecule has 2 aromatic heterocycles. The smallest absolute Gasteiger partial charge is 0.269 e. The van der Waals surface area contributed by atoms with Crippen molar-refractivity contribution in [2.24, 2.45) is 5.92 Å². The third-order valence-electron chi connectivity index (χ3n) is 5.27. The summed E-state index contributed by atoms with van der Waals surface area (Å²) >= 11 is 0. The van der Waals surface area contributed by atoms with Gasteiger partial charge in [-0.05, 0) is 43.9 Å². The van der Waals surface area contributed by atoms with Gasteiger partial charge in [-0.1, -0.05) is 18.2 Å². The highest BCUT2D eigenvalue weighted by Gasteiger charge is 2.24. The minimum Gasteiger partial charge on any atom is -0.396 e. The molecule has 1 aromatic carbocycles. The van der Waals surface area contributed by atoms with Crippen molar-refractivity contribution in [1.82, 2.24) is 8.96 Å². The second-order valence-corrected chi connectivity index (χ2v) is 8.89. The van der Waals surface area contributed by atoms with E-state index in [9.17, 15) is 8.42 Å². The number of hydrogen-bond acceptors (Lipinski definition) is 6. The second kappa shape index (κ2) is 7.17. The lowest BCUT2D eigenvalue weighted by atomic mass is 9.87. The minimum absolute atomic E-state index is 0.116. The van der Waals surface area contributed by atoms with Gasteiger partial charge >= 0.3 is 0 Å². The van der Waals surface area contributed by atoms with Crippen LogP contribution in [0.2, 0.25) is 0 Å². The fourth-order valence-corrected chi connectivity index (χ4v) is 5.03. The Morgan fingerprint density at radius 3 is 2.54 bits per heavy atom. The first-order valence-electron chi connectivity index (χ1n) is 9.23. The Hall–Kier alpha value is -3.05. The molecule has 0 atom stereocenters. The van der Waals surface area contributed by atoms with E-state index >= 15 is 0 Å². The average molecular weight is 395 g/mol. The van der Waals surface area contributed by atoms with Crippen molar-refractivity contribution in [3.63, 3.8) is 0 Å². The molecule has 0 amide bonds. The predicted octanol–water partition coefficient (Wildman–Crippen LogP) is 3.35. The number of anilines is 2. The number of aromatic nitrogens is 2. The Balaban J connectivity index is 1.71. The Morgan fingerprint density at radius 2 is 1.86 bits per heavy atom. The maximum atomic E-state index is 13.0. The zero-order valence-corrected chi connectivity index (χ0v) is 16.1. The fourth-order valence-electron chi connectivity index (χ4n) is 3.71. The SMILES string of the molecule is N#CC1CCC(Nc2c(N)cnc3c2ccn3S(=O)(=O)c2ccccc2)CC1. The molecule has 144 valence electrons. The predicted molar refractivity (Wildman–Crippen MR) is 108 cm³/mol. The Kier molecular flexibility index (Phi) is 4.69. The van der Waals surface area contributed by atoms with Crippen molar-refractivity contribution < 1.29 is 8.42 Å². The van der Waals surface area contributed by atoms with Crippen LogP contribution in [0.15, 0.2) is 53.7 Å². The Bertz CT molecular complexity index is 1140. The number of fused-ring (bicyclic) bond motifs is 1. The molecule has 8 heteroatoms. The van der Waals surface area contributed by atoms with Gasteiger partial charge < -0.3 is 11.1 Å². The van der Waals surface area contributed by atoms with Crippen molar-refractivity contribution in [1.29, 1.82) is 5.26 Å². The quantitative estimate of drug-likeness (QED) is 0.700. The van der Waals surface area contributed by atoms with E-state index in [-0.39, 0.29) is 16.9 Å². The molecular formula is C20H21N5O2S. The van der Waals surface area contributed by atoms with Crippen LogP contribution in [0.1, 0.15) is 25.7 Å². The first kappa shape index (κ1) is 18.3. The van der Waals surface area contributed by atoms with Crippen LogP contribution in [0, 0.1) is 17.2 Å². The van der Waals surface area contributed by atoms with Crippen LogP contribution in [0.25, 0.3) is 11.0 Å². The Labute approximate surface area is 163 Å². The van der Waals surface area contributed by atoms with Gasteiger partial charge in [0.05, 0.1) is 28.5 Å². The Morgan fingerprint density at radius 1 is 1.14 bits per heavy atom. The van der Waals surface area contributed by atoms with Gasteiger partial charge in [0.15, 0.2) is 5.65 Å². The number of benzene rings is 1. The maximum Gasteiger partial charge on any atom is 0.269 e. The third kappa shape index (κ3) is 3.18. The highest BCUT2D eigenvalue weighted by molar-refractivity contribution is 7.90. The molecule has 3 aromatic rings. The largest absolute Gasteiger partial charge is 0.396 e. The first-order valence-corrected chi connectivity index (χ1v) is 10.7. The summed E-state index contributed by atoms with van der Waals surface area (Å²) in [5, 5.41) is 13.2. The van der Waals surface area contributed by atoms with Crippen molar-refractivity contribution >= 4 is 32.4 Å². The molecule has 0 bridgehead atoms. The zero-order valence-electron chi connectivity index (χ0n) is 15.2. The number of pyridine rings is 1. The number of nitrogens with one attached hydrogen (secondary N) is 1. The zero-order chi connectivity index (χ0) is 19.7. The molecule has 2 heterocycles. The van der Waals surface area contributed by atoms with E-state index in [2.05, 4.69) is 16.4 Å². The van der Waals surface area contributed by atoms with Gasteiger partial charge in [0.25, 0.3) is 10.0 Å². The van der Waals surface area contributed by atoms with Crippen LogP contribution < -0.4 is 11.1 Å². The molecule has 7 nitrogen and oxygen atoms in total. The molecule has 1 aliphatic rings. The molecule has 0 spiro atoms. The number of nitriles is 1.